The predicted molar refractivity (Wildman–Crippen MR) is 233 cm³/mol. The molecule has 0 radical (unpaired) electrons. The first-order chi connectivity index (χ1) is 27.0. The normalized spacial score (nSPS) is 13.4. The van der Waals surface area contributed by atoms with Crippen LogP contribution < -0.4 is 0 Å². The molecule has 0 unspecified atom stereocenters. The maximum atomic E-state index is 5.53. The van der Waals surface area contributed by atoms with E-state index in [1.54, 1.807) is 0 Å². The third-order valence-corrected chi connectivity index (χ3v) is 13.1. The van der Waals surface area contributed by atoms with Crippen LogP contribution in [0, 0.1) is 0 Å². The lowest BCUT2D eigenvalue weighted by molar-refractivity contribution is 0.636. The van der Waals surface area contributed by atoms with Crippen LogP contribution in [-0.4, -0.2) is 14.5 Å². The van der Waals surface area contributed by atoms with Crippen LogP contribution in [0.25, 0.3) is 103 Å². The average molecular weight is 720 g/mol. The van der Waals surface area contributed by atoms with Gasteiger partial charge in [-0.25, -0.2) is 9.97 Å². The minimum absolute atomic E-state index is 0.279. The minimum atomic E-state index is -0.279. The van der Waals surface area contributed by atoms with Gasteiger partial charge < -0.3 is 4.57 Å². The van der Waals surface area contributed by atoms with E-state index in [0.717, 1.165) is 50.4 Å². The molecule has 3 nitrogen and oxygen atoms in total. The van der Waals surface area contributed by atoms with Gasteiger partial charge in [-0.2, -0.15) is 0 Å². The quantitative estimate of drug-likeness (QED) is 0.182. The minimum Gasteiger partial charge on any atom is -0.309 e. The molecule has 258 valence electrons. The standard InChI is InChI=1S/C51H33N3S/c1-51(2)42-19-8-5-17-40(42)47-48(33-22-24-38-37-16-7-10-21-45(37)55-46(38)29-33)52-50(53-49(47)51)39-18-11-14-32-26-34(23-25-35(32)39)54-43-20-9-6-15-36(43)41-27-30-12-3-4-13-31(30)28-44(41)54/h3-29H,1-2H3. The average Bonchev–Trinajstić information content (AvgIpc) is 3.84. The lowest BCUT2D eigenvalue weighted by atomic mass is 9.85. The summed E-state index contributed by atoms with van der Waals surface area (Å²) in [5, 5.41) is 9.90. The highest BCUT2D eigenvalue weighted by atomic mass is 32.1. The highest BCUT2D eigenvalue weighted by molar-refractivity contribution is 7.25. The molecule has 0 spiro atoms. The number of benzene rings is 8. The monoisotopic (exact) mass is 719 g/mol. The summed E-state index contributed by atoms with van der Waals surface area (Å²) < 4.78 is 4.99. The Morgan fingerprint density at radius 1 is 0.491 bits per heavy atom. The summed E-state index contributed by atoms with van der Waals surface area (Å²) in [6.07, 6.45) is 0. The Labute approximate surface area is 321 Å². The zero-order valence-corrected chi connectivity index (χ0v) is 31.2. The zero-order chi connectivity index (χ0) is 36.4. The van der Waals surface area contributed by atoms with Crippen molar-refractivity contribution in [1.82, 2.24) is 14.5 Å². The van der Waals surface area contributed by atoms with E-state index in [9.17, 15) is 0 Å². The van der Waals surface area contributed by atoms with Gasteiger partial charge in [-0.3, -0.25) is 0 Å². The fourth-order valence-electron chi connectivity index (χ4n) is 9.28. The van der Waals surface area contributed by atoms with Crippen LogP contribution >= 0.6 is 11.3 Å². The third-order valence-electron chi connectivity index (χ3n) is 11.9. The van der Waals surface area contributed by atoms with Crippen molar-refractivity contribution in [3.8, 4) is 39.5 Å². The van der Waals surface area contributed by atoms with E-state index in [0.29, 0.717) is 0 Å². The van der Waals surface area contributed by atoms with Gasteiger partial charge in [-0.1, -0.05) is 135 Å². The highest BCUT2D eigenvalue weighted by Crippen LogP contribution is 2.52. The van der Waals surface area contributed by atoms with Crippen molar-refractivity contribution in [2.24, 2.45) is 0 Å². The van der Waals surface area contributed by atoms with Crippen molar-refractivity contribution in [3.63, 3.8) is 0 Å². The predicted octanol–water partition coefficient (Wildman–Crippen LogP) is 13.9. The molecule has 11 aromatic rings. The van der Waals surface area contributed by atoms with Crippen molar-refractivity contribution < 1.29 is 0 Å². The van der Waals surface area contributed by atoms with E-state index in [-0.39, 0.29) is 5.41 Å². The topological polar surface area (TPSA) is 30.7 Å². The van der Waals surface area contributed by atoms with E-state index >= 15 is 0 Å². The number of thiophene rings is 1. The van der Waals surface area contributed by atoms with Gasteiger partial charge in [0, 0.05) is 58.7 Å². The molecule has 12 rings (SSSR count). The first-order valence-corrected chi connectivity index (χ1v) is 19.7. The number of para-hydroxylation sites is 1. The van der Waals surface area contributed by atoms with Gasteiger partial charge in [0.2, 0.25) is 0 Å². The number of hydrogen-bond donors (Lipinski definition) is 0. The second-order valence-corrected chi connectivity index (χ2v) is 16.5. The number of hydrogen-bond acceptors (Lipinski definition) is 3. The number of nitrogens with zero attached hydrogens (tertiary/aromatic N) is 3. The Kier molecular flexibility index (Phi) is 6.27. The summed E-state index contributed by atoms with van der Waals surface area (Å²) >= 11 is 1.85. The van der Waals surface area contributed by atoms with Crippen LogP contribution in [0.1, 0.15) is 25.1 Å². The molecule has 0 saturated heterocycles. The van der Waals surface area contributed by atoms with Crippen molar-refractivity contribution in [2.45, 2.75) is 19.3 Å². The summed E-state index contributed by atoms with van der Waals surface area (Å²) in [4.78, 5) is 11.0. The van der Waals surface area contributed by atoms with Gasteiger partial charge in [-0.15, -0.1) is 11.3 Å². The maximum absolute atomic E-state index is 5.53. The second kappa shape index (κ2) is 11.2. The largest absolute Gasteiger partial charge is 0.309 e. The van der Waals surface area contributed by atoms with E-state index in [1.165, 1.54) is 63.9 Å². The molecule has 0 fully saturated rings. The van der Waals surface area contributed by atoms with Crippen molar-refractivity contribution in [1.29, 1.82) is 0 Å². The van der Waals surface area contributed by atoms with Gasteiger partial charge in [0.05, 0.1) is 22.4 Å². The second-order valence-electron chi connectivity index (χ2n) is 15.4. The molecule has 0 aliphatic heterocycles. The first kappa shape index (κ1) is 30.8. The Morgan fingerprint density at radius 3 is 2.11 bits per heavy atom. The third kappa shape index (κ3) is 4.37. The molecule has 55 heavy (non-hydrogen) atoms. The van der Waals surface area contributed by atoms with E-state index in [2.05, 4.69) is 182 Å². The zero-order valence-electron chi connectivity index (χ0n) is 30.3. The summed E-state index contributed by atoms with van der Waals surface area (Å²) in [7, 11) is 0. The number of aromatic nitrogens is 3. The molecule has 0 saturated carbocycles. The molecule has 0 amide bonds. The Balaban J connectivity index is 1.08. The van der Waals surface area contributed by atoms with Crippen LogP contribution in [0.4, 0.5) is 0 Å². The molecule has 0 N–H and O–H groups in total. The van der Waals surface area contributed by atoms with Crippen LogP contribution in [-0.2, 0) is 5.41 Å². The molecule has 4 heteroatoms. The molecular weight excluding hydrogens is 687 g/mol. The molecule has 0 bridgehead atoms. The number of rotatable bonds is 3. The fourth-order valence-corrected chi connectivity index (χ4v) is 10.4. The molecule has 1 aliphatic rings. The van der Waals surface area contributed by atoms with Gasteiger partial charge in [0.15, 0.2) is 5.82 Å². The lowest BCUT2D eigenvalue weighted by Gasteiger charge is -2.21. The molecule has 0 atom stereocenters. The Bertz CT molecular complexity index is 3420. The fraction of sp³-hybridized carbons (Fsp3) is 0.0588. The van der Waals surface area contributed by atoms with Gasteiger partial charge >= 0.3 is 0 Å². The van der Waals surface area contributed by atoms with E-state index in [1.807, 2.05) is 11.3 Å². The molecule has 8 aromatic carbocycles. The van der Waals surface area contributed by atoms with E-state index in [4.69, 9.17) is 9.97 Å². The van der Waals surface area contributed by atoms with Crippen molar-refractivity contribution in [2.75, 3.05) is 0 Å². The first-order valence-electron chi connectivity index (χ1n) is 18.9. The van der Waals surface area contributed by atoms with E-state index < -0.39 is 0 Å². The molecule has 3 aromatic heterocycles. The molecule has 1 aliphatic carbocycles. The number of fused-ring (bicyclic) bond motifs is 11. The van der Waals surface area contributed by atoms with Crippen LogP contribution in [0.3, 0.4) is 0 Å². The van der Waals surface area contributed by atoms with Gasteiger partial charge in [-0.05, 0) is 75.1 Å². The van der Waals surface area contributed by atoms with Crippen molar-refractivity contribution in [3.05, 3.63) is 175 Å². The Hall–Kier alpha value is -6.62. The summed E-state index contributed by atoms with van der Waals surface area (Å²) in [6.45, 7) is 4.61. The molecule has 3 heterocycles. The summed E-state index contributed by atoms with van der Waals surface area (Å²) in [6, 6.07) is 59.8. The summed E-state index contributed by atoms with van der Waals surface area (Å²) in [5.74, 6) is 0.757. The molecular formula is C51H33N3S. The summed E-state index contributed by atoms with van der Waals surface area (Å²) in [5.41, 5.74) is 11.2. The highest BCUT2D eigenvalue weighted by Gasteiger charge is 2.39. The van der Waals surface area contributed by atoms with Gasteiger partial charge in [0.1, 0.15) is 0 Å². The lowest BCUT2D eigenvalue weighted by Crippen LogP contribution is -2.17. The van der Waals surface area contributed by atoms with Crippen LogP contribution in [0.2, 0.25) is 0 Å². The smallest absolute Gasteiger partial charge is 0.160 e. The maximum Gasteiger partial charge on any atom is 0.160 e. The van der Waals surface area contributed by atoms with Crippen LogP contribution in [0.15, 0.2) is 164 Å². The Morgan fingerprint density at radius 2 is 1.20 bits per heavy atom. The van der Waals surface area contributed by atoms with Gasteiger partial charge in [0.25, 0.3) is 0 Å². The van der Waals surface area contributed by atoms with Crippen LogP contribution in [0.5, 0.6) is 0 Å². The SMILES string of the molecule is CC1(C)c2ccccc2-c2c(-c3ccc4c(c3)sc3ccccc34)nc(-c3cccc4cc(-n5c6ccccc6c6cc7ccccc7cc65)ccc34)nc21. The van der Waals surface area contributed by atoms with Crippen molar-refractivity contribution >= 4 is 74.9 Å².